The van der Waals surface area contributed by atoms with E-state index in [1.54, 1.807) is 0 Å². The number of amides is 2. The molecule has 1 fully saturated rings. The van der Waals surface area contributed by atoms with Gasteiger partial charge in [-0.1, -0.05) is 26.0 Å². The summed E-state index contributed by atoms with van der Waals surface area (Å²) in [6, 6.07) is 7.49. The molecule has 4 N–H and O–H groups in total. The van der Waals surface area contributed by atoms with Crippen LogP contribution < -0.4 is 16.4 Å². The first-order valence-electron chi connectivity index (χ1n) is 9.13. The Morgan fingerprint density at radius 2 is 1.68 bits per heavy atom. The lowest BCUT2D eigenvalue weighted by Gasteiger charge is -2.32. The highest BCUT2D eigenvalue weighted by atomic mass is 35.5. The molecule has 2 amide bonds. The highest BCUT2D eigenvalue weighted by Crippen LogP contribution is 2.22. The Kier molecular flexibility index (Phi) is 12.3. The summed E-state index contributed by atoms with van der Waals surface area (Å²) in [4.78, 5) is 26.1. The standard InChI is InChI=1S/C19H30N4O3.2ClH/c1-13(2)18(20)19(25)21-12-17(24)22-16-6-4-15(5-7-16)14(3)23-8-10-26-11-9-23;;/h4-7,13-14,18H,8-12,20H2,1-3H3,(H,21,25)(H,22,24);2*1H/t14?,18-;;/m0../s1. The first kappa shape index (κ1) is 26.6. The molecule has 0 radical (unpaired) electrons. The number of halogens is 2. The Morgan fingerprint density at radius 3 is 2.21 bits per heavy atom. The summed E-state index contributed by atoms with van der Waals surface area (Å²) in [6.07, 6.45) is 0. The maximum atomic E-state index is 12.0. The molecule has 2 atom stereocenters. The number of nitrogens with two attached hydrogens (primary N) is 1. The number of anilines is 1. The first-order chi connectivity index (χ1) is 12.4. The molecule has 1 aliphatic rings. The maximum Gasteiger partial charge on any atom is 0.243 e. The number of carbonyl (C=O) groups is 2. The van der Waals surface area contributed by atoms with Gasteiger partial charge in [-0.25, -0.2) is 0 Å². The molecular formula is C19H32Cl2N4O3. The zero-order chi connectivity index (χ0) is 19.1. The van der Waals surface area contributed by atoms with E-state index >= 15 is 0 Å². The van der Waals surface area contributed by atoms with Crippen LogP contribution in [0.4, 0.5) is 5.69 Å². The molecule has 1 aliphatic heterocycles. The molecule has 0 aliphatic carbocycles. The van der Waals surface area contributed by atoms with Crippen LogP contribution in [0.25, 0.3) is 0 Å². The number of hydrogen-bond acceptors (Lipinski definition) is 5. The molecule has 1 aromatic carbocycles. The summed E-state index contributed by atoms with van der Waals surface area (Å²) in [7, 11) is 0. The third kappa shape index (κ3) is 7.93. The van der Waals surface area contributed by atoms with Gasteiger partial charge in [0.1, 0.15) is 0 Å². The molecule has 28 heavy (non-hydrogen) atoms. The lowest BCUT2D eigenvalue weighted by atomic mass is 10.1. The van der Waals surface area contributed by atoms with Crippen LogP contribution >= 0.6 is 24.8 Å². The topological polar surface area (TPSA) is 96.7 Å². The molecular weight excluding hydrogens is 403 g/mol. The van der Waals surface area contributed by atoms with Crippen molar-refractivity contribution in [3.63, 3.8) is 0 Å². The van der Waals surface area contributed by atoms with Crippen LogP contribution in [0.15, 0.2) is 24.3 Å². The molecule has 2 rings (SSSR count). The predicted octanol–water partition coefficient (Wildman–Crippen LogP) is 1.96. The van der Waals surface area contributed by atoms with Gasteiger partial charge in [0, 0.05) is 24.8 Å². The minimum absolute atomic E-state index is 0. The summed E-state index contributed by atoms with van der Waals surface area (Å²) in [5, 5.41) is 5.34. The van der Waals surface area contributed by atoms with Gasteiger partial charge in [-0.3, -0.25) is 14.5 Å². The average Bonchev–Trinajstić information content (AvgIpc) is 2.66. The SMILES string of the molecule is CC(C)[C@H](N)C(=O)NCC(=O)Nc1ccc(C(C)N2CCOCC2)cc1.Cl.Cl. The summed E-state index contributed by atoms with van der Waals surface area (Å²) >= 11 is 0. The molecule has 0 aromatic heterocycles. The Hall–Kier alpha value is -1.38. The molecule has 1 heterocycles. The van der Waals surface area contributed by atoms with Crippen molar-refractivity contribution in [3.05, 3.63) is 29.8 Å². The van der Waals surface area contributed by atoms with Crippen molar-refractivity contribution in [3.8, 4) is 0 Å². The van der Waals surface area contributed by atoms with Crippen molar-refractivity contribution in [2.45, 2.75) is 32.9 Å². The minimum atomic E-state index is -0.608. The van der Waals surface area contributed by atoms with Gasteiger partial charge >= 0.3 is 0 Å². The monoisotopic (exact) mass is 434 g/mol. The Labute approximate surface area is 179 Å². The van der Waals surface area contributed by atoms with Crippen LogP contribution in [-0.2, 0) is 14.3 Å². The maximum absolute atomic E-state index is 12.0. The molecule has 1 saturated heterocycles. The van der Waals surface area contributed by atoms with E-state index in [1.165, 1.54) is 5.56 Å². The Morgan fingerprint density at radius 1 is 1.11 bits per heavy atom. The number of rotatable bonds is 7. The van der Waals surface area contributed by atoms with E-state index in [0.29, 0.717) is 11.7 Å². The van der Waals surface area contributed by atoms with Crippen LogP contribution in [0.1, 0.15) is 32.4 Å². The van der Waals surface area contributed by atoms with Crippen LogP contribution in [0.2, 0.25) is 0 Å². The fourth-order valence-corrected chi connectivity index (χ4v) is 2.81. The van der Waals surface area contributed by atoms with E-state index in [4.69, 9.17) is 10.5 Å². The third-order valence-corrected chi connectivity index (χ3v) is 4.71. The fraction of sp³-hybridized carbons (Fsp3) is 0.579. The zero-order valence-electron chi connectivity index (χ0n) is 16.6. The first-order valence-corrected chi connectivity index (χ1v) is 9.13. The van der Waals surface area contributed by atoms with Crippen LogP contribution in [0, 0.1) is 5.92 Å². The van der Waals surface area contributed by atoms with Gasteiger partial charge in [0.25, 0.3) is 0 Å². The van der Waals surface area contributed by atoms with Gasteiger partial charge in [-0.15, -0.1) is 24.8 Å². The van der Waals surface area contributed by atoms with Gasteiger partial charge in [-0.2, -0.15) is 0 Å². The summed E-state index contributed by atoms with van der Waals surface area (Å²) in [5.41, 5.74) is 7.65. The van der Waals surface area contributed by atoms with Crippen molar-refractivity contribution in [2.24, 2.45) is 11.7 Å². The van der Waals surface area contributed by atoms with Gasteiger partial charge in [0.2, 0.25) is 11.8 Å². The minimum Gasteiger partial charge on any atom is -0.379 e. The van der Waals surface area contributed by atoms with Gasteiger partial charge < -0.3 is 21.1 Å². The van der Waals surface area contributed by atoms with Gasteiger partial charge in [-0.05, 0) is 30.5 Å². The second-order valence-corrected chi connectivity index (χ2v) is 6.98. The molecule has 1 unspecified atom stereocenters. The zero-order valence-corrected chi connectivity index (χ0v) is 18.3. The number of nitrogens with one attached hydrogen (secondary N) is 2. The second kappa shape index (κ2) is 13.0. The number of hydrogen-bond donors (Lipinski definition) is 3. The predicted molar refractivity (Wildman–Crippen MR) is 116 cm³/mol. The molecule has 0 bridgehead atoms. The number of nitrogens with zero attached hydrogens (tertiary/aromatic N) is 1. The van der Waals surface area contributed by atoms with Gasteiger partial charge in [0.15, 0.2) is 0 Å². The Bertz CT molecular complexity index is 608. The van der Waals surface area contributed by atoms with E-state index in [0.717, 1.165) is 26.3 Å². The van der Waals surface area contributed by atoms with E-state index < -0.39 is 6.04 Å². The van der Waals surface area contributed by atoms with Crippen molar-refractivity contribution in [2.75, 3.05) is 38.2 Å². The lowest BCUT2D eigenvalue weighted by Crippen LogP contribution is -2.46. The number of ether oxygens (including phenoxy) is 1. The highest BCUT2D eigenvalue weighted by Gasteiger charge is 2.19. The van der Waals surface area contributed by atoms with Crippen molar-refractivity contribution < 1.29 is 14.3 Å². The lowest BCUT2D eigenvalue weighted by molar-refractivity contribution is -0.125. The highest BCUT2D eigenvalue weighted by molar-refractivity contribution is 5.95. The van der Waals surface area contributed by atoms with Gasteiger partial charge in [0.05, 0.1) is 25.8 Å². The number of carbonyl (C=O) groups excluding carboxylic acids is 2. The van der Waals surface area contributed by atoms with Crippen molar-refractivity contribution >= 4 is 42.3 Å². The van der Waals surface area contributed by atoms with E-state index in [1.807, 2.05) is 38.1 Å². The second-order valence-electron chi connectivity index (χ2n) is 6.98. The summed E-state index contributed by atoms with van der Waals surface area (Å²) < 4.78 is 5.39. The molecule has 1 aromatic rings. The molecule has 160 valence electrons. The molecule has 9 heteroatoms. The van der Waals surface area contributed by atoms with E-state index in [9.17, 15) is 9.59 Å². The smallest absolute Gasteiger partial charge is 0.243 e. The average molecular weight is 435 g/mol. The summed E-state index contributed by atoms with van der Waals surface area (Å²) in [5.74, 6) is -0.563. The molecule has 0 saturated carbocycles. The van der Waals surface area contributed by atoms with Crippen molar-refractivity contribution in [1.29, 1.82) is 0 Å². The van der Waals surface area contributed by atoms with Crippen LogP contribution in [-0.4, -0.2) is 55.6 Å². The normalized spacial score (nSPS) is 16.3. The van der Waals surface area contributed by atoms with Crippen LogP contribution in [0.5, 0.6) is 0 Å². The summed E-state index contributed by atoms with van der Waals surface area (Å²) in [6.45, 7) is 9.20. The van der Waals surface area contributed by atoms with E-state index in [-0.39, 0.29) is 49.1 Å². The third-order valence-electron chi connectivity index (χ3n) is 4.71. The molecule has 7 nitrogen and oxygen atoms in total. The van der Waals surface area contributed by atoms with E-state index in [2.05, 4.69) is 22.5 Å². The number of morpholine rings is 1. The fourth-order valence-electron chi connectivity index (χ4n) is 2.81. The van der Waals surface area contributed by atoms with Crippen molar-refractivity contribution in [1.82, 2.24) is 10.2 Å². The largest absolute Gasteiger partial charge is 0.379 e. The number of benzene rings is 1. The molecule has 0 spiro atoms. The Balaban J connectivity index is 0.00000364. The van der Waals surface area contributed by atoms with Crippen LogP contribution in [0.3, 0.4) is 0 Å². The quantitative estimate of drug-likeness (QED) is 0.609.